The number of piperidine rings is 1. The molecule has 2 N–H and O–H groups in total. The normalized spacial score (nSPS) is 21.6. The Kier molecular flexibility index (Phi) is 5.50. The fourth-order valence-corrected chi connectivity index (χ4v) is 4.97. The second-order valence-electron chi connectivity index (χ2n) is 9.19. The van der Waals surface area contributed by atoms with Gasteiger partial charge in [0.15, 0.2) is 11.3 Å². The van der Waals surface area contributed by atoms with Crippen molar-refractivity contribution in [2.45, 2.75) is 50.9 Å². The number of alkyl halides is 3. The molecule has 9 nitrogen and oxygen atoms in total. The first-order chi connectivity index (χ1) is 16.1. The van der Waals surface area contributed by atoms with Crippen LogP contribution in [0.2, 0.25) is 0 Å². The molecule has 2 atom stereocenters. The SMILES string of the molecule is Cc1cn2nc([C@@H]3CCCCN3C(=O)c3cn(C)nc3C(F)(F)F)cc2nc1N1CC[C@H](N)C1. The average molecular weight is 477 g/mol. The Balaban J connectivity index is 1.48. The fourth-order valence-electron chi connectivity index (χ4n) is 4.97. The molecule has 2 aliphatic heterocycles. The van der Waals surface area contributed by atoms with Gasteiger partial charge in [-0.3, -0.25) is 9.48 Å². The summed E-state index contributed by atoms with van der Waals surface area (Å²) < 4.78 is 43.2. The summed E-state index contributed by atoms with van der Waals surface area (Å²) in [7, 11) is 1.38. The highest BCUT2D eigenvalue weighted by Gasteiger charge is 2.41. The number of aromatic nitrogens is 5. The van der Waals surface area contributed by atoms with E-state index in [9.17, 15) is 18.0 Å². The summed E-state index contributed by atoms with van der Waals surface area (Å²) in [6.45, 7) is 3.89. The van der Waals surface area contributed by atoms with Crippen LogP contribution >= 0.6 is 0 Å². The molecule has 0 bridgehead atoms. The zero-order valence-corrected chi connectivity index (χ0v) is 19.1. The van der Waals surface area contributed by atoms with Gasteiger partial charge in [-0.05, 0) is 32.6 Å². The number of hydrogen-bond acceptors (Lipinski definition) is 6. The van der Waals surface area contributed by atoms with Gasteiger partial charge in [-0.1, -0.05) is 0 Å². The fraction of sp³-hybridized carbons (Fsp3) is 0.545. The zero-order valence-electron chi connectivity index (χ0n) is 19.1. The van der Waals surface area contributed by atoms with E-state index in [0.29, 0.717) is 30.7 Å². The van der Waals surface area contributed by atoms with Crippen LogP contribution in [0.1, 0.15) is 59.0 Å². The molecule has 5 rings (SSSR count). The van der Waals surface area contributed by atoms with Gasteiger partial charge in [0.1, 0.15) is 5.82 Å². The van der Waals surface area contributed by atoms with Crippen LogP contribution in [0.15, 0.2) is 18.5 Å². The Morgan fingerprint density at radius 2 is 1.94 bits per heavy atom. The molecule has 0 aromatic carbocycles. The number of fused-ring (bicyclic) bond motifs is 1. The Bertz CT molecular complexity index is 1230. The molecule has 2 saturated heterocycles. The Hall–Kier alpha value is -3.15. The van der Waals surface area contributed by atoms with Crippen molar-refractivity contribution in [1.29, 1.82) is 0 Å². The van der Waals surface area contributed by atoms with Crippen molar-refractivity contribution < 1.29 is 18.0 Å². The number of likely N-dealkylation sites (tertiary alicyclic amines) is 1. The first kappa shape index (κ1) is 22.6. The average Bonchev–Trinajstić information content (AvgIpc) is 3.50. The lowest BCUT2D eigenvalue weighted by Crippen LogP contribution is -2.39. The molecular formula is C22H27F3N8O. The van der Waals surface area contributed by atoms with E-state index in [0.717, 1.165) is 48.2 Å². The van der Waals surface area contributed by atoms with Crippen LogP contribution in [0.3, 0.4) is 0 Å². The van der Waals surface area contributed by atoms with Crippen LogP contribution in [0.25, 0.3) is 5.65 Å². The maximum Gasteiger partial charge on any atom is 0.435 e. The minimum Gasteiger partial charge on any atom is -0.355 e. The molecule has 2 fully saturated rings. The molecule has 3 aromatic heterocycles. The zero-order chi connectivity index (χ0) is 24.2. The largest absolute Gasteiger partial charge is 0.435 e. The summed E-state index contributed by atoms with van der Waals surface area (Å²) in [5, 5.41) is 8.15. The summed E-state index contributed by atoms with van der Waals surface area (Å²) in [5.41, 5.74) is 6.66. The predicted molar refractivity (Wildman–Crippen MR) is 118 cm³/mol. The number of carbonyl (C=O) groups excluding carboxylic acids is 1. The van der Waals surface area contributed by atoms with Gasteiger partial charge in [0.2, 0.25) is 0 Å². The van der Waals surface area contributed by atoms with Crippen molar-refractivity contribution >= 4 is 17.4 Å². The quantitative estimate of drug-likeness (QED) is 0.624. The molecule has 12 heteroatoms. The van der Waals surface area contributed by atoms with Crippen molar-refractivity contribution in [3.8, 4) is 0 Å². The molecule has 0 saturated carbocycles. The third kappa shape index (κ3) is 3.99. The Labute approximate surface area is 194 Å². The molecule has 1 amide bonds. The van der Waals surface area contributed by atoms with Crippen LogP contribution in [0.4, 0.5) is 19.0 Å². The minimum atomic E-state index is -4.71. The molecule has 34 heavy (non-hydrogen) atoms. The number of halogens is 3. The molecule has 0 unspecified atom stereocenters. The molecule has 5 heterocycles. The lowest BCUT2D eigenvalue weighted by atomic mass is 9.98. The standard InChI is InChI=1S/C22H27F3N8O/c1-13-10-33-18(27-20(13)31-8-6-14(26)11-31)9-16(28-33)17-5-3-4-7-32(17)21(34)15-12-30(2)29-19(15)22(23,24)25/h9-10,12,14,17H,3-8,11,26H2,1-2H3/t14-,17-/m0/s1. The van der Waals surface area contributed by atoms with E-state index in [-0.39, 0.29) is 6.04 Å². The van der Waals surface area contributed by atoms with E-state index in [4.69, 9.17) is 10.7 Å². The van der Waals surface area contributed by atoms with E-state index >= 15 is 0 Å². The van der Waals surface area contributed by atoms with Crippen molar-refractivity contribution in [3.63, 3.8) is 0 Å². The number of rotatable bonds is 3. The Morgan fingerprint density at radius 1 is 1.15 bits per heavy atom. The number of nitrogens with zero attached hydrogens (tertiary/aromatic N) is 7. The molecular weight excluding hydrogens is 449 g/mol. The number of hydrogen-bond donors (Lipinski definition) is 1. The molecule has 0 radical (unpaired) electrons. The van der Waals surface area contributed by atoms with Gasteiger partial charge in [0, 0.05) is 56.7 Å². The topological polar surface area (TPSA) is 97.6 Å². The van der Waals surface area contributed by atoms with E-state index in [2.05, 4.69) is 15.1 Å². The highest BCUT2D eigenvalue weighted by Crippen LogP contribution is 2.36. The van der Waals surface area contributed by atoms with E-state index in [1.807, 2.05) is 19.2 Å². The van der Waals surface area contributed by atoms with Gasteiger partial charge in [-0.15, -0.1) is 0 Å². The van der Waals surface area contributed by atoms with Gasteiger partial charge in [0.25, 0.3) is 5.91 Å². The van der Waals surface area contributed by atoms with Crippen LogP contribution in [0.5, 0.6) is 0 Å². The summed E-state index contributed by atoms with van der Waals surface area (Å²) in [6, 6.07) is 1.50. The molecule has 3 aromatic rings. The van der Waals surface area contributed by atoms with E-state index in [1.165, 1.54) is 11.9 Å². The number of nitrogens with two attached hydrogens (primary N) is 1. The lowest BCUT2D eigenvalue weighted by Gasteiger charge is -2.34. The van der Waals surface area contributed by atoms with Gasteiger partial charge >= 0.3 is 6.18 Å². The van der Waals surface area contributed by atoms with Crippen molar-refractivity contribution in [2.75, 3.05) is 24.5 Å². The maximum absolute atomic E-state index is 13.5. The summed E-state index contributed by atoms with van der Waals surface area (Å²) >= 11 is 0. The van der Waals surface area contributed by atoms with Gasteiger partial charge in [-0.25, -0.2) is 9.50 Å². The first-order valence-corrected chi connectivity index (χ1v) is 11.4. The molecule has 182 valence electrons. The van der Waals surface area contributed by atoms with Crippen molar-refractivity contribution in [2.24, 2.45) is 12.8 Å². The summed E-state index contributed by atoms with van der Waals surface area (Å²) in [6.07, 6.45) is 1.41. The highest BCUT2D eigenvalue weighted by molar-refractivity contribution is 5.95. The summed E-state index contributed by atoms with van der Waals surface area (Å²) in [4.78, 5) is 21.7. The number of carbonyl (C=O) groups is 1. The molecule has 0 spiro atoms. The van der Waals surface area contributed by atoms with Crippen molar-refractivity contribution in [1.82, 2.24) is 29.3 Å². The van der Waals surface area contributed by atoms with Crippen LogP contribution in [-0.4, -0.2) is 60.9 Å². The smallest absolute Gasteiger partial charge is 0.355 e. The Morgan fingerprint density at radius 3 is 2.65 bits per heavy atom. The van der Waals surface area contributed by atoms with Crippen LogP contribution < -0.4 is 10.6 Å². The second-order valence-corrected chi connectivity index (χ2v) is 9.19. The summed E-state index contributed by atoms with van der Waals surface area (Å²) in [5.74, 6) is 0.173. The van der Waals surface area contributed by atoms with Gasteiger partial charge < -0.3 is 15.5 Å². The van der Waals surface area contributed by atoms with Crippen LogP contribution in [-0.2, 0) is 13.2 Å². The van der Waals surface area contributed by atoms with Gasteiger partial charge in [-0.2, -0.15) is 23.4 Å². The second kappa shape index (κ2) is 8.26. The first-order valence-electron chi connectivity index (χ1n) is 11.4. The van der Waals surface area contributed by atoms with E-state index < -0.39 is 29.4 Å². The number of aryl methyl sites for hydroxylation is 2. The molecule has 0 aliphatic carbocycles. The van der Waals surface area contributed by atoms with Crippen molar-refractivity contribution in [3.05, 3.63) is 41.0 Å². The van der Waals surface area contributed by atoms with E-state index in [1.54, 1.807) is 4.52 Å². The van der Waals surface area contributed by atoms with Gasteiger partial charge in [0.05, 0.1) is 17.3 Å². The monoisotopic (exact) mass is 476 g/mol. The number of amides is 1. The maximum atomic E-state index is 13.5. The third-order valence-corrected chi connectivity index (χ3v) is 6.58. The predicted octanol–water partition coefficient (Wildman–Crippen LogP) is 2.69. The molecule has 2 aliphatic rings. The lowest BCUT2D eigenvalue weighted by molar-refractivity contribution is -0.141. The number of anilines is 1. The van der Waals surface area contributed by atoms with Crippen LogP contribution in [0, 0.1) is 6.92 Å². The third-order valence-electron chi connectivity index (χ3n) is 6.58. The minimum absolute atomic E-state index is 0.119. The highest BCUT2D eigenvalue weighted by atomic mass is 19.4.